The lowest BCUT2D eigenvalue weighted by molar-refractivity contribution is 0.673. The Bertz CT molecular complexity index is 3370. The summed E-state index contributed by atoms with van der Waals surface area (Å²) in [4.78, 5) is 10.6. The fourth-order valence-corrected chi connectivity index (χ4v) is 9.76. The predicted molar refractivity (Wildman–Crippen MR) is 246 cm³/mol. The SMILES string of the molecule is c1ccc(-c2nc(-c3ccc(-c4cc5ccccc5c5oc6ccccc6c45)cc3)cc(-c3cccc4c3-c3ccccc3C4(c3ccccc3)c3ccccc3)n2)cc1. The molecule has 0 unspecified atom stereocenters. The normalized spacial score (nSPS) is 12.8. The maximum atomic E-state index is 6.53. The lowest BCUT2D eigenvalue weighted by Gasteiger charge is -2.33. The number of para-hydroxylation sites is 1. The first kappa shape index (κ1) is 34.2. The summed E-state index contributed by atoms with van der Waals surface area (Å²) in [6.45, 7) is 0. The molecule has 60 heavy (non-hydrogen) atoms. The summed E-state index contributed by atoms with van der Waals surface area (Å²) < 4.78 is 6.53. The van der Waals surface area contributed by atoms with E-state index < -0.39 is 5.41 Å². The molecule has 12 rings (SSSR count). The van der Waals surface area contributed by atoms with Crippen LogP contribution < -0.4 is 0 Å². The summed E-state index contributed by atoms with van der Waals surface area (Å²) >= 11 is 0. The van der Waals surface area contributed by atoms with E-state index in [0.29, 0.717) is 5.82 Å². The van der Waals surface area contributed by atoms with E-state index in [0.717, 1.165) is 71.9 Å². The Morgan fingerprint density at radius 1 is 0.383 bits per heavy atom. The van der Waals surface area contributed by atoms with Crippen LogP contribution in [0.4, 0.5) is 0 Å². The molecule has 0 saturated carbocycles. The summed E-state index contributed by atoms with van der Waals surface area (Å²) in [5, 5.41) is 4.52. The van der Waals surface area contributed by atoms with E-state index >= 15 is 0 Å². The van der Waals surface area contributed by atoms with Gasteiger partial charge in [-0.25, -0.2) is 9.97 Å². The second kappa shape index (κ2) is 13.6. The Morgan fingerprint density at radius 3 is 1.73 bits per heavy atom. The van der Waals surface area contributed by atoms with Crippen molar-refractivity contribution >= 4 is 32.7 Å². The van der Waals surface area contributed by atoms with Crippen molar-refractivity contribution < 1.29 is 4.42 Å². The number of hydrogen-bond donors (Lipinski definition) is 0. The molecule has 1 aliphatic rings. The summed E-state index contributed by atoms with van der Waals surface area (Å²) in [6.07, 6.45) is 0. The van der Waals surface area contributed by atoms with Gasteiger partial charge in [0.05, 0.1) is 16.8 Å². The molecule has 3 heteroatoms. The largest absolute Gasteiger partial charge is 0.455 e. The maximum Gasteiger partial charge on any atom is 0.160 e. The fourth-order valence-electron chi connectivity index (χ4n) is 9.76. The minimum absolute atomic E-state index is 0.507. The molecule has 1 aliphatic carbocycles. The van der Waals surface area contributed by atoms with E-state index in [1.165, 1.54) is 33.4 Å². The van der Waals surface area contributed by atoms with E-state index in [2.05, 4.69) is 194 Å². The monoisotopic (exact) mass is 764 g/mol. The lowest BCUT2D eigenvalue weighted by Crippen LogP contribution is -2.28. The Morgan fingerprint density at radius 2 is 0.967 bits per heavy atom. The zero-order chi connectivity index (χ0) is 39.6. The zero-order valence-corrected chi connectivity index (χ0v) is 32.6. The molecule has 0 spiro atoms. The Balaban J connectivity index is 1.06. The zero-order valence-electron chi connectivity index (χ0n) is 32.6. The summed E-state index contributed by atoms with van der Waals surface area (Å²) in [7, 11) is 0. The molecule has 0 saturated heterocycles. The number of fused-ring (bicyclic) bond motifs is 8. The van der Waals surface area contributed by atoms with Crippen molar-refractivity contribution in [1.29, 1.82) is 0 Å². The van der Waals surface area contributed by atoms with Gasteiger partial charge in [-0.2, -0.15) is 0 Å². The van der Waals surface area contributed by atoms with Crippen molar-refractivity contribution in [2.24, 2.45) is 0 Å². The van der Waals surface area contributed by atoms with Crippen LogP contribution in [0.15, 0.2) is 223 Å². The van der Waals surface area contributed by atoms with Crippen molar-refractivity contribution in [3.05, 3.63) is 241 Å². The Labute approximate surface area is 347 Å². The second-order valence-corrected chi connectivity index (χ2v) is 15.6. The molecule has 2 aromatic heterocycles. The van der Waals surface area contributed by atoms with Crippen LogP contribution in [0.3, 0.4) is 0 Å². The van der Waals surface area contributed by atoms with Crippen LogP contribution in [0.1, 0.15) is 22.3 Å². The Hall–Kier alpha value is -7.88. The molecule has 0 radical (unpaired) electrons. The fraction of sp³-hybridized carbons (Fsp3) is 0.0175. The van der Waals surface area contributed by atoms with Crippen molar-refractivity contribution in [3.8, 4) is 56.2 Å². The molecule has 11 aromatic rings. The van der Waals surface area contributed by atoms with Gasteiger partial charge in [0.2, 0.25) is 0 Å². The first-order chi connectivity index (χ1) is 29.8. The maximum absolute atomic E-state index is 6.53. The van der Waals surface area contributed by atoms with Crippen LogP contribution in [0.5, 0.6) is 0 Å². The van der Waals surface area contributed by atoms with Crippen LogP contribution in [-0.2, 0) is 5.41 Å². The number of furan rings is 1. The third-order valence-electron chi connectivity index (χ3n) is 12.4. The lowest BCUT2D eigenvalue weighted by atomic mass is 9.67. The highest BCUT2D eigenvalue weighted by molar-refractivity contribution is 6.21. The number of aromatic nitrogens is 2. The standard InChI is InChI=1S/C57H36N2O/c1-4-17-39(18-5-1)56-58-50(38-33-31-37(32-34-38)47-35-40-19-10-11-24-43(40)55-54(47)46-26-13-15-30-52(46)60-55)36-51(59-56)45-27-16-29-49-53(45)44-25-12-14-28-48(44)57(49,41-20-6-2-7-21-41)42-22-8-3-9-23-42/h1-36H. The minimum atomic E-state index is -0.507. The van der Waals surface area contributed by atoms with Gasteiger partial charge in [-0.05, 0) is 68.1 Å². The topological polar surface area (TPSA) is 38.9 Å². The first-order valence-electron chi connectivity index (χ1n) is 20.5. The van der Waals surface area contributed by atoms with Crippen LogP contribution in [0.25, 0.3) is 88.9 Å². The molecule has 9 aromatic carbocycles. The summed E-state index contributed by atoms with van der Waals surface area (Å²) in [6, 6.07) is 77.9. The highest BCUT2D eigenvalue weighted by atomic mass is 16.3. The third kappa shape index (κ3) is 5.16. The van der Waals surface area contributed by atoms with Crippen LogP contribution in [0.2, 0.25) is 0 Å². The number of benzene rings is 9. The van der Waals surface area contributed by atoms with Crippen molar-refractivity contribution in [1.82, 2.24) is 9.97 Å². The van der Waals surface area contributed by atoms with Crippen LogP contribution >= 0.6 is 0 Å². The van der Waals surface area contributed by atoms with Crippen LogP contribution in [-0.4, -0.2) is 9.97 Å². The number of hydrogen-bond acceptors (Lipinski definition) is 3. The molecule has 0 aliphatic heterocycles. The number of rotatable bonds is 6. The second-order valence-electron chi connectivity index (χ2n) is 15.6. The molecule has 0 N–H and O–H groups in total. The smallest absolute Gasteiger partial charge is 0.160 e. The van der Waals surface area contributed by atoms with Gasteiger partial charge < -0.3 is 4.42 Å². The van der Waals surface area contributed by atoms with Gasteiger partial charge in [-0.3, -0.25) is 0 Å². The average Bonchev–Trinajstić information content (AvgIpc) is 3.87. The van der Waals surface area contributed by atoms with Crippen molar-refractivity contribution in [2.45, 2.75) is 5.41 Å². The summed E-state index contributed by atoms with van der Waals surface area (Å²) in [5.74, 6) is 0.689. The third-order valence-corrected chi connectivity index (χ3v) is 12.4. The molecule has 3 nitrogen and oxygen atoms in total. The molecule has 0 atom stereocenters. The van der Waals surface area contributed by atoms with Crippen molar-refractivity contribution in [3.63, 3.8) is 0 Å². The molecular weight excluding hydrogens is 729 g/mol. The minimum Gasteiger partial charge on any atom is -0.455 e. The highest BCUT2D eigenvalue weighted by Gasteiger charge is 2.46. The average molecular weight is 765 g/mol. The van der Waals surface area contributed by atoms with Gasteiger partial charge >= 0.3 is 0 Å². The van der Waals surface area contributed by atoms with Gasteiger partial charge in [0.1, 0.15) is 11.2 Å². The van der Waals surface area contributed by atoms with E-state index in [4.69, 9.17) is 14.4 Å². The molecule has 280 valence electrons. The summed E-state index contributed by atoms with van der Waals surface area (Å²) in [5.41, 5.74) is 15.8. The predicted octanol–water partition coefficient (Wildman–Crippen LogP) is 14.6. The van der Waals surface area contributed by atoms with Crippen molar-refractivity contribution in [2.75, 3.05) is 0 Å². The molecule has 2 heterocycles. The first-order valence-corrected chi connectivity index (χ1v) is 20.5. The number of nitrogens with zero attached hydrogens (tertiary/aromatic N) is 2. The molecule has 0 amide bonds. The molecule has 0 bridgehead atoms. The van der Waals surface area contributed by atoms with E-state index in [1.54, 1.807) is 0 Å². The molecule has 0 fully saturated rings. The van der Waals surface area contributed by atoms with Crippen LogP contribution in [0, 0.1) is 0 Å². The van der Waals surface area contributed by atoms with Gasteiger partial charge in [-0.1, -0.05) is 200 Å². The molecular formula is C57H36N2O. The van der Waals surface area contributed by atoms with E-state index in [-0.39, 0.29) is 0 Å². The van der Waals surface area contributed by atoms with E-state index in [1.807, 2.05) is 24.3 Å². The van der Waals surface area contributed by atoms with Gasteiger partial charge in [0.15, 0.2) is 5.82 Å². The van der Waals surface area contributed by atoms with E-state index in [9.17, 15) is 0 Å². The highest BCUT2D eigenvalue weighted by Crippen LogP contribution is 2.58. The van der Waals surface area contributed by atoms with Gasteiger partial charge in [0, 0.05) is 32.8 Å². The quantitative estimate of drug-likeness (QED) is 0.169. The van der Waals surface area contributed by atoms with Gasteiger partial charge in [-0.15, -0.1) is 0 Å². The Kier molecular flexibility index (Phi) is 7.76. The van der Waals surface area contributed by atoms with Gasteiger partial charge in [0.25, 0.3) is 0 Å².